The van der Waals surface area contributed by atoms with E-state index in [1.165, 1.54) is 22.2 Å². The fourth-order valence-corrected chi connectivity index (χ4v) is 2.88. The van der Waals surface area contributed by atoms with Crippen molar-refractivity contribution in [2.24, 2.45) is 5.92 Å². The first kappa shape index (κ1) is 15.3. The molecule has 23 heavy (non-hydrogen) atoms. The summed E-state index contributed by atoms with van der Waals surface area (Å²) in [6, 6.07) is 1.71. The average molecular weight is 332 g/mol. The van der Waals surface area contributed by atoms with Crippen LogP contribution in [0.4, 0.5) is 5.95 Å². The molecule has 0 radical (unpaired) electrons. The van der Waals surface area contributed by atoms with Crippen LogP contribution in [-0.4, -0.2) is 30.6 Å². The van der Waals surface area contributed by atoms with Gasteiger partial charge in [-0.3, -0.25) is 24.6 Å². The maximum absolute atomic E-state index is 12.2. The molecule has 9 heteroatoms. The van der Waals surface area contributed by atoms with E-state index in [4.69, 9.17) is 0 Å². The van der Waals surface area contributed by atoms with E-state index in [0.29, 0.717) is 22.0 Å². The Morgan fingerprint density at radius 1 is 1.48 bits per heavy atom. The van der Waals surface area contributed by atoms with Crippen molar-refractivity contribution < 1.29 is 4.79 Å². The number of nitrogens with zero attached hydrogens (tertiary/aromatic N) is 4. The number of fused-ring (bicyclic) bond motifs is 1. The van der Waals surface area contributed by atoms with E-state index < -0.39 is 0 Å². The van der Waals surface area contributed by atoms with Crippen molar-refractivity contribution in [2.75, 3.05) is 5.32 Å². The quantitative estimate of drug-likeness (QED) is 0.735. The van der Waals surface area contributed by atoms with Gasteiger partial charge >= 0.3 is 0 Å². The summed E-state index contributed by atoms with van der Waals surface area (Å²) in [6.45, 7) is 4.01. The predicted molar refractivity (Wildman–Crippen MR) is 87.4 cm³/mol. The number of rotatable bonds is 5. The van der Waals surface area contributed by atoms with Crippen molar-refractivity contribution in [3.63, 3.8) is 0 Å². The maximum Gasteiger partial charge on any atom is 0.262 e. The molecule has 2 N–H and O–H groups in total. The third-order valence-corrected chi connectivity index (χ3v) is 3.97. The number of thiophene rings is 1. The van der Waals surface area contributed by atoms with Gasteiger partial charge in [0, 0.05) is 6.42 Å². The van der Waals surface area contributed by atoms with Crippen LogP contribution in [0.1, 0.15) is 19.7 Å². The summed E-state index contributed by atoms with van der Waals surface area (Å²) >= 11 is 1.39. The van der Waals surface area contributed by atoms with Gasteiger partial charge in [-0.25, -0.2) is 4.98 Å². The number of amides is 1. The van der Waals surface area contributed by atoms with Crippen molar-refractivity contribution in [1.29, 1.82) is 0 Å². The highest BCUT2D eigenvalue weighted by molar-refractivity contribution is 7.16. The maximum atomic E-state index is 12.2. The van der Waals surface area contributed by atoms with Crippen LogP contribution in [0.3, 0.4) is 0 Å². The van der Waals surface area contributed by atoms with Gasteiger partial charge in [-0.05, 0) is 17.4 Å². The molecule has 3 rings (SSSR count). The number of nitrogens with one attached hydrogen (secondary N) is 2. The predicted octanol–water partition coefficient (Wildman–Crippen LogP) is 1.41. The molecule has 0 aliphatic rings. The molecule has 3 aromatic rings. The monoisotopic (exact) mass is 332 g/mol. The third-order valence-electron chi connectivity index (χ3n) is 3.15. The van der Waals surface area contributed by atoms with Crippen molar-refractivity contribution in [3.8, 4) is 0 Å². The molecule has 0 atom stereocenters. The molecule has 3 heterocycles. The second-order valence-corrected chi connectivity index (χ2v) is 6.46. The van der Waals surface area contributed by atoms with Crippen molar-refractivity contribution in [3.05, 3.63) is 34.0 Å². The molecule has 0 spiro atoms. The van der Waals surface area contributed by atoms with Gasteiger partial charge in [0.1, 0.15) is 17.2 Å². The lowest BCUT2D eigenvalue weighted by atomic mass is 10.1. The second-order valence-electron chi connectivity index (χ2n) is 5.57. The Labute approximate surface area is 135 Å². The molecule has 0 aliphatic carbocycles. The van der Waals surface area contributed by atoms with Gasteiger partial charge < -0.3 is 0 Å². The molecular weight excluding hydrogens is 316 g/mol. The third kappa shape index (κ3) is 3.45. The topological polar surface area (TPSA) is 106 Å². The Morgan fingerprint density at radius 3 is 3.09 bits per heavy atom. The van der Waals surface area contributed by atoms with Gasteiger partial charge in [-0.2, -0.15) is 4.98 Å². The average Bonchev–Trinajstić information content (AvgIpc) is 3.11. The van der Waals surface area contributed by atoms with Crippen molar-refractivity contribution in [2.45, 2.75) is 26.8 Å². The van der Waals surface area contributed by atoms with E-state index in [0.717, 1.165) is 6.42 Å². The minimum absolute atomic E-state index is 0.133. The van der Waals surface area contributed by atoms with Crippen LogP contribution in [0.15, 0.2) is 22.6 Å². The van der Waals surface area contributed by atoms with E-state index in [1.807, 2.05) is 0 Å². The zero-order chi connectivity index (χ0) is 16.4. The fraction of sp³-hybridized carbons (Fsp3) is 0.357. The molecule has 3 aromatic heterocycles. The minimum atomic E-state index is -0.376. The Hall–Kier alpha value is -2.55. The van der Waals surface area contributed by atoms with E-state index >= 15 is 0 Å². The number of aromatic nitrogens is 5. The zero-order valence-corrected chi connectivity index (χ0v) is 13.6. The van der Waals surface area contributed by atoms with E-state index in [1.54, 1.807) is 11.4 Å². The van der Waals surface area contributed by atoms with Crippen LogP contribution in [0, 0.1) is 5.92 Å². The number of aromatic amines is 1. The smallest absolute Gasteiger partial charge is 0.262 e. The standard InChI is InChI=1S/C14H16N6O2S/c1-8(2)5-10-16-14(19-18-10)17-11(21)6-20-7-15-12-9(13(20)22)3-4-23-12/h3-4,7-8H,5-6H2,1-2H3,(H2,16,17,18,19,21). The number of hydrogen-bond acceptors (Lipinski definition) is 6. The second kappa shape index (κ2) is 6.29. The summed E-state index contributed by atoms with van der Waals surface area (Å²) in [6.07, 6.45) is 2.13. The minimum Gasteiger partial charge on any atom is -0.292 e. The van der Waals surface area contributed by atoms with E-state index in [2.05, 4.69) is 39.3 Å². The summed E-state index contributed by atoms with van der Waals surface area (Å²) in [5.74, 6) is 0.990. The zero-order valence-electron chi connectivity index (χ0n) is 12.7. The van der Waals surface area contributed by atoms with Crippen LogP contribution in [0.25, 0.3) is 10.2 Å². The highest BCUT2D eigenvalue weighted by atomic mass is 32.1. The van der Waals surface area contributed by atoms with Crippen LogP contribution >= 0.6 is 11.3 Å². The molecular formula is C14H16N6O2S. The van der Waals surface area contributed by atoms with E-state index in [-0.39, 0.29) is 24.0 Å². The van der Waals surface area contributed by atoms with Crippen LogP contribution in [0.2, 0.25) is 0 Å². The lowest BCUT2D eigenvalue weighted by Gasteiger charge is -2.04. The Balaban J connectivity index is 1.70. The molecule has 0 saturated carbocycles. The molecule has 0 fully saturated rings. The number of H-pyrrole nitrogens is 1. The van der Waals surface area contributed by atoms with Gasteiger partial charge in [0.15, 0.2) is 0 Å². The highest BCUT2D eigenvalue weighted by Crippen LogP contribution is 2.13. The van der Waals surface area contributed by atoms with Gasteiger partial charge in [0.05, 0.1) is 11.7 Å². The first-order valence-corrected chi connectivity index (χ1v) is 8.04. The number of hydrogen-bond donors (Lipinski definition) is 2. The van der Waals surface area contributed by atoms with Crippen molar-refractivity contribution >= 4 is 33.4 Å². The van der Waals surface area contributed by atoms with Crippen molar-refractivity contribution in [1.82, 2.24) is 24.7 Å². The lowest BCUT2D eigenvalue weighted by Crippen LogP contribution is -2.27. The Bertz CT molecular complexity index is 894. The van der Waals surface area contributed by atoms with Gasteiger partial charge in [0.2, 0.25) is 11.9 Å². The van der Waals surface area contributed by atoms with Crippen LogP contribution < -0.4 is 10.9 Å². The first-order chi connectivity index (χ1) is 11.0. The van der Waals surface area contributed by atoms with Crippen LogP contribution in [-0.2, 0) is 17.8 Å². The summed E-state index contributed by atoms with van der Waals surface area (Å²) in [5.41, 5.74) is -0.234. The summed E-state index contributed by atoms with van der Waals surface area (Å²) in [5, 5.41) is 11.6. The molecule has 8 nitrogen and oxygen atoms in total. The Morgan fingerprint density at radius 2 is 2.30 bits per heavy atom. The Kier molecular flexibility index (Phi) is 4.20. The highest BCUT2D eigenvalue weighted by Gasteiger charge is 2.11. The molecule has 120 valence electrons. The summed E-state index contributed by atoms with van der Waals surface area (Å²) in [7, 11) is 0. The number of anilines is 1. The molecule has 0 bridgehead atoms. The SMILES string of the molecule is CC(C)Cc1nc(NC(=O)Cn2cnc3sccc3c2=O)n[nH]1. The molecule has 0 aliphatic heterocycles. The van der Waals surface area contributed by atoms with E-state index in [9.17, 15) is 9.59 Å². The number of carbonyl (C=O) groups excluding carboxylic acids is 1. The fourth-order valence-electron chi connectivity index (χ4n) is 2.15. The summed E-state index contributed by atoms with van der Waals surface area (Å²) < 4.78 is 1.27. The number of carbonyl (C=O) groups is 1. The first-order valence-electron chi connectivity index (χ1n) is 7.16. The largest absolute Gasteiger partial charge is 0.292 e. The van der Waals surface area contributed by atoms with Gasteiger partial charge in [-0.15, -0.1) is 16.4 Å². The summed E-state index contributed by atoms with van der Waals surface area (Å²) in [4.78, 5) is 33.3. The van der Waals surface area contributed by atoms with Gasteiger partial charge in [0.25, 0.3) is 5.56 Å². The normalized spacial score (nSPS) is 11.3. The molecule has 0 saturated heterocycles. The lowest BCUT2D eigenvalue weighted by molar-refractivity contribution is -0.116. The molecule has 1 amide bonds. The molecule has 0 unspecified atom stereocenters. The van der Waals surface area contributed by atoms with Crippen LogP contribution in [0.5, 0.6) is 0 Å². The van der Waals surface area contributed by atoms with Gasteiger partial charge in [-0.1, -0.05) is 13.8 Å². The molecule has 0 aromatic carbocycles.